The van der Waals surface area contributed by atoms with Crippen LogP contribution < -0.4 is 0 Å². The molecule has 0 aliphatic heterocycles. The highest BCUT2D eigenvalue weighted by atomic mass is 16.4. The Labute approximate surface area is 110 Å². The number of carboxylic acids is 1. The molecular weight excluding hydrogens is 242 g/mol. The first kappa shape index (κ1) is 11.8. The van der Waals surface area contributed by atoms with Gasteiger partial charge in [0.05, 0.1) is 5.92 Å². The van der Waals surface area contributed by atoms with Crippen LogP contribution in [-0.4, -0.2) is 26.0 Å². The Morgan fingerprint density at radius 1 is 1.32 bits per heavy atom. The lowest BCUT2D eigenvalue weighted by atomic mass is 9.87. The molecule has 19 heavy (non-hydrogen) atoms. The summed E-state index contributed by atoms with van der Waals surface area (Å²) in [5.74, 6) is -0.440. The van der Waals surface area contributed by atoms with Gasteiger partial charge in [0.1, 0.15) is 5.69 Å². The summed E-state index contributed by atoms with van der Waals surface area (Å²) in [5, 5.41) is 9.05. The van der Waals surface area contributed by atoms with E-state index in [4.69, 9.17) is 5.11 Å². The molecule has 5 heteroatoms. The van der Waals surface area contributed by atoms with E-state index in [0.29, 0.717) is 25.1 Å². The molecule has 5 nitrogen and oxygen atoms in total. The first-order valence-electron chi connectivity index (χ1n) is 6.23. The van der Waals surface area contributed by atoms with Crippen LogP contribution in [0, 0.1) is 5.92 Å². The summed E-state index contributed by atoms with van der Waals surface area (Å²) in [6.07, 6.45) is 5.29. The van der Waals surface area contributed by atoms with Gasteiger partial charge in [0, 0.05) is 18.1 Å². The molecule has 0 saturated carbocycles. The number of fused-ring (bicyclic) bond motifs is 1. The molecule has 2 heterocycles. The summed E-state index contributed by atoms with van der Waals surface area (Å²) >= 11 is 0. The largest absolute Gasteiger partial charge is 0.481 e. The van der Waals surface area contributed by atoms with Crippen LogP contribution in [0.1, 0.15) is 17.7 Å². The standard InChI is InChI=1S/C14H13N3O2/c18-14(19)9-4-5-11-10(7-9)8-16-13(17-11)12-3-1-2-6-15-12/h1-3,6,8-9H,4-5,7H2,(H,18,19). The van der Waals surface area contributed by atoms with Crippen molar-refractivity contribution in [2.75, 3.05) is 0 Å². The minimum atomic E-state index is -0.737. The second-order valence-corrected chi connectivity index (χ2v) is 4.66. The highest BCUT2D eigenvalue weighted by molar-refractivity contribution is 5.71. The van der Waals surface area contributed by atoms with Crippen LogP contribution in [0.5, 0.6) is 0 Å². The normalized spacial score (nSPS) is 17.8. The van der Waals surface area contributed by atoms with Gasteiger partial charge in [-0.05, 0) is 37.0 Å². The Hall–Kier alpha value is -2.30. The summed E-state index contributed by atoms with van der Waals surface area (Å²) in [4.78, 5) is 24.0. The number of aromatic nitrogens is 3. The average molecular weight is 255 g/mol. The number of carboxylic acid groups (broad SMARTS) is 1. The molecule has 0 aromatic carbocycles. The fourth-order valence-electron chi connectivity index (χ4n) is 2.34. The Kier molecular flexibility index (Phi) is 2.95. The molecule has 0 radical (unpaired) electrons. The van der Waals surface area contributed by atoms with E-state index in [1.54, 1.807) is 12.4 Å². The fourth-order valence-corrected chi connectivity index (χ4v) is 2.34. The topological polar surface area (TPSA) is 76.0 Å². The van der Waals surface area contributed by atoms with Gasteiger partial charge in [0.25, 0.3) is 0 Å². The summed E-state index contributed by atoms with van der Waals surface area (Å²) in [6, 6.07) is 5.61. The van der Waals surface area contributed by atoms with Crippen molar-refractivity contribution >= 4 is 5.97 Å². The Bertz CT molecular complexity index is 613. The van der Waals surface area contributed by atoms with Gasteiger partial charge in [0.2, 0.25) is 0 Å². The molecule has 2 aromatic heterocycles. The number of aryl methyl sites for hydroxylation is 1. The van der Waals surface area contributed by atoms with Gasteiger partial charge >= 0.3 is 5.97 Å². The lowest BCUT2D eigenvalue weighted by Gasteiger charge is -2.20. The highest BCUT2D eigenvalue weighted by Gasteiger charge is 2.25. The van der Waals surface area contributed by atoms with Gasteiger partial charge in [-0.15, -0.1) is 0 Å². The van der Waals surface area contributed by atoms with Gasteiger partial charge in [-0.1, -0.05) is 6.07 Å². The number of hydrogen-bond donors (Lipinski definition) is 1. The maximum atomic E-state index is 11.0. The molecular formula is C14H13N3O2. The van der Waals surface area contributed by atoms with Crippen molar-refractivity contribution in [2.45, 2.75) is 19.3 Å². The fraction of sp³-hybridized carbons (Fsp3) is 0.286. The third-order valence-electron chi connectivity index (χ3n) is 3.39. The number of pyridine rings is 1. The SMILES string of the molecule is O=C(O)C1CCc2nc(-c3ccccn3)ncc2C1. The Balaban J connectivity index is 1.92. The first-order chi connectivity index (χ1) is 9.24. The number of aliphatic carboxylic acids is 1. The van der Waals surface area contributed by atoms with Crippen LogP contribution in [0.2, 0.25) is 0 Å². The molecule has 1 aliphatic rings. The van der Waals surface area contributed by atoms with Crippen molar-refractivity contribution in [1.82, 2.24) is 15.0 Å². The van der Waals surface area contributed by atoms with Crippen molar-refractivity contribution in [2.24, 2.45) is 5.92 Å². The van der Waals surface area contributed by atoms with Crippen molar-refractivity contribution in [3.63, 3.8) is 0 Å². The lowest BCUT2D eigenvalue weighted by Crippen LogP contribution is -2.23. The molecule has 0 bridgehead atoms. The number of rotatable bonds is 2. The van der Waals surface area contributed by atoms with Crippen molar-refractivity contribution in [3.8, 4) is 11.5 Å². The second-order valence-electron chi connectivity index (χ2n) is 4.66. The molecule has 0 amide bonds. The van der Waals surface area contributed by atoms with Crippen LogP contribution in [0.15, 0.2) is 30.6 Å². The summed E-state index contributed by atoms with van der Waals surface area (Å²) in [7, 11) is 0. The number of hydrogen-bond acceptors (Lipinski definition) is 4. The summed E-state index contributed by atoms with van der Waals surface area (Å²) < 4.78 is 0. The van der Waals surface area contributed by atoms with E-state index in [2.05, 4.69) is 15.0 Å². The minimum Gasteiger partial charge on any atom is -0.481 e. The van der Waals surface area contributed by atoms with E-state index in [-0.39, 0.29) is 5.92 Å². The van der Waals surface area contributed by atoms with Gasteiger partial charge in [-0.25, -0.2) is 9.97 Å². The van der Waals surface area contributed by atoms with Crippen molar-refractivity contribution in [1.29, 1.82) is 0 Å². The van der Waals surface area contributed by atoms with Crippen LogP contribution in [-0.2, 0) is 17.6 Å². The van der Waals surface area contributed by atoms with Crippen LogP contribution in [0.4, 0.5) is 0 Å². The van der Waals surface area contributed by atoms with E-state index < -0.39 is 5.97 Å². The number of nitrogens with zero attached hydrogens (tertiary/aromatic N) is 3. The summed E-state index contributed by atoms with van der Waals surface area (Å²) in [5.41, 5.74) is 2.64. The van der Waals surface area contributed by atoms with Crippen molar-refractivity contribution in [3.05, 3.63) is 41.9 Å². The first-order valence-corrected chi connectivity index (χ1v) is 6.23. The van der Waals surface area contributed by atoms with E-state index in [0.717, 1.165) is 17.0 Å². The molecule has 3 rings (SSSR count). The molecule has 1 unspecified atom stereocenters. The van der Waals surface area contributed by atoms with Gasteiger partial charge in [-0.3, -0.25) is 9.78 Å². The van der Waals surface area contributed by atoms with E-state index in [1.807, 2.05) is 18.2 Å². The maximum Gasteiger partial charge on any atom is 0.306 e. The molecule has 1 aliphatic carbocycles. The van der Waals surface area contributed by atoms with E-state index in [9.17, 15) is 4.79 Å². The molecule has 2 aromatic rings. The zero-order chi connectivity index (χ0) is 13.2. The Morgan fingerprint density at radius 2 is 2.21 bits per heavy atom. The predicted octanol–water partition coefficient (Wildman–Crippen LogP) is 1.73. The molecule has 96 valence electrons. The van der Waals surface area contributed by atoms with Crippen LogP contribution in [0.25, 0.3) is 11.5 Å². The Morgan fingerprint density at radius 3 is 2.95 bits per heavy atom. The van der Waals surface area contributed by atoms with Crippen LogP contribution in [0.3, 0.4) is 0 Å². The molecule has 0 fully saturated rings. The molecule has 1 N–H and O–H groups in total. The van der Waals surface area contributed by atoms with E-state index >= 15 is 0 Å². The molecule has 1 atom stereocenters. The quantitative estimate of drug-likeness (QED) is 0.884. The smallest absolute Gasteiger partial charge is 0.306 e. The van der Waals surface area contributed by atoms with Crippen LogP contribution >= 0.6 is 0 Å². The predicted molar refractivity (Wildman–Crippen MR) is 68.4 cm³/mol. The highest BCUT2D eigenvalue weighted by Crippen LogP contribution is 2.25. The minimum absolute atomic E-state index is 0.309. The molecule has 0 spiro atoms. The van der Waals surface area contributed by atoms with E-state index in [1.165, 1.54) is 0 Å². The van der Waals surface area contributed by atoms with Gasteiger partial charge < -0.3 is 5.11 Å². The molecule has 0 saturated heterocycles. The maximum absolute atomic E-state index is 11.0. The lowest BCUT2D eigenvalue weighted by molar-refractivity contribution is -0.142. The number of carbonyl (C=O) groups is 1. The monoisotopic (exact) mass is 255 g/mol. The second kappa shape index (κ2) is 4.76. The average Bonchev–Trinajstić information content (AvgIpc) is 2.47. The zero-order valence-electron chi connectivity index (χ0n) is 10.3. The summed E-state index contributed by atoms with van der Waals surface area (Å²) in [6.45, 7) is 0. The zero-order valence-corrected chi connectivity index (χ0v) is 10.3. The van der Waals surface area contributed by atoms with Gasteiger partial charge in [-0.2, -0.15) is 0 Å². The van der Waals surface area contributed by atoms with Crippen molar-refractivity contribution < 1.29 is 9.90 Å². The third-order valence-corrected chi connectivity index (χ3v) is 3.39. The van der Waals surface area contributed by atoms with Gasteiger partial charge in [0.15, 0.2) is 5.82 Å². The third kappa shape index (κ3) is 2.31.